The van der Waals surface area contributed by atoms with Crippen LogP contribution in [0.1, 0.15) is 60.5 Å². The smallest absolute Gasteiger partial charge is 0.339 e. The first kappa shape index (κ1) is 26.2. The molecule has 1 aliphatic heterocycles. The summed E-state index contributed by atoms with van der Waals surface area (Å²) in [6.07, 6.45) is -3.76. The van der Waals surface area contributed by atoms with Gasteiger partial charge in [0.2, 0.25) is 0 Å². The maximum atomic E-state index is 13.7. The molecule has 0 unspecified atom stereocenters. The van der Waals surface area contributed by atoms with Crippen LogP contribution in [-0.4, -0.2) is 40.7 Å². The minimum absolute atomic E-state index is 0.00233. The summed E-state index contributed by atoms with van der Waals surface area (Å²) in [5.74, 6) is -4.49. The second kappa shape index (κ2) is 10.6. The number of benzene rings is 2. The molecule has 0 radical (unpaired) electrons. The molecule has 0 saturated carbocycles. The maximum Gasteiger partial charge on any atom is 0.417 e. The monoisotopic (exact) mass is 538 g/mol. The van der Waals surface area contributed by atoms with Crippen molar-refractivity contribution < 1.29 is 36.3 Å². The number of aromatic nitrogens is 1. The zero-order valence-electron chi connectivity index (χ0n) is 18.9. The Morgan fingerprint density at radius 3 is 2.30 bits per heavy atom. The van der Waals surface area contributed by atoms with Gasteiger partial charge in [0.05, 0.1) is 21.7 Å². The molecular formula is C24H19F5N4O3S. The number of hydrogen-bond donors (Lipinski definition) is 2. The predicted molar refractivity (Wildman–Crippen MR) is 123 cm³/mol. The second-order valence-corrected chi connectivity index (χ2v) is 9.10. The van der Waals surface area contributed by atoms with Crippen LogP contribution in [0.15, 0.2) is 47.8 Å². The third kappa shape index (κ3) is 5.93. The molecule has 2 N–H and O–H groups in total. The summed E-state index contributed by atoms with van der Waals surface area (Å²) in [6, 6.07) is 7.03. The van der Waals surface area contributed by atoms with Gasteiger partial charge in [0, 0.05) is 30.5 Å². The molecule has 37 heavy (non-hydrogen) atoms. The van der Waals surface area contributed by atoms with Crippen molar-refractivity contribution in [2.24, 2.45) is 0 Å². The molecule has 4 rings (SSSR count). The van der Waals surface area contributed by atoms with Crippen LogP contribution in [0.4, 0.5) is 22.0 Å². The molecule has 3 aromatic rings. The normalized spacial score (nSPS) is 14.4. The lowest BCUT2D eigenvalue weighted by Gasteiger charge is -2.31. The van der Waals surface area contributed by atoms with Gasteiger partial charge in [-0.05, 0) is 37.1 Å². The molecule has 1 aromatic heterocycles. The number of amides is 3. The highest BCUT2D eigenvalue weighted by atomic mass is 32.1. The van der Waals surface area contributed by atoms with Crippen LogP contribution in [0.5, 0.6) is 0 Å². The minimum Gasteiger partial charge on any atom is -0.339 e. The Morgan fingerprint density at radius 2 is 1.62 bits per heavy atom. The molecule has 1 fully saturated rings. The number of hydrazine groups is 1. The van der Waals surface area contributed by atoms with Crippen LogP contribution in [-0.2, 0) is 6.18 Å². The summed E-state index contributed by atoms with van der Waals surface area (Å²) in [5, 5.41) is 2.07. The van der Waals surface area contributed by atoms with Crippen LogP contribution < -0.4 is 10.9 Å². The number of nitrogens with zero attached hydrogens (tertiary/aromatic N) is 2. The zero-order valence-corrected chi connectivity index (χ0v) is 19.8. The molecule has 0 aliphatic carbocycles. The fraction of sp³-hybridized carbons (Fsp3) is 0.250. The number of hydrogen-bond acceptors (Lipinski definition) is 5. The molecule has 0 bridgehead atoms. The number of thiazole rings is 1. The van der Waals surface area contributed by atoms with Gasteiger partial charge in [-0.25, -0.2) is 13.8 Å². The van der Waals surface area contributed by atoms with E-state index in [0.29, 0.717) is 23.9 Å². The Kier molecular flexibility index (Phi) is 7.52. The highest BCUT2D eigenvalue weighted by Crippen LogP contribution is 2.34. The highest BCUT2D eigenvalue weighted by molar-refractivity contribution is 7.09. The molecule has 2 heterocycles. The number of likely N-dealkylation sites (tertiary alicyclic amines) is 1. The third-order valence-corrected chi connectivity index (χ3v) is 6.82. The van der Waals surface area contributed by atoms with Crippen LogP contribution in [0.2, 0.25) is 0 Å². The molecule has 1 saturated heterocycles. The predicted octanol–water partition coefficient (Wildman–Crippen LogP) is 4.53. The van der Waals surface area contributed by atoms with Crippen LogP contribution in [0.25, 0.3) is 0 Å². The first-order valence-electron chi connectivity index (χ1n) is 11.0. The lowest BCUT2D eigenvalue weighted by Crippen LogP contribution is -2.42. The Hall–Kier alpha value is -3.87. The van der Waals surface area contributed by atoms with Crippen molar-refractivity contribution in [3.8, 4) is 0 Å². The average Bonchev–Trinajstić information content (AvgIpc) is 3.37. The van der Waals surface area contributed by atoms with Crippen LogP contribution in [0.3, 0.4) is 0 Å². The van der Waals surface area contributed by atoms with E-state index < -0.39 is 52.2 Å². The number of rotatable bonds is 4. The van der Waals surface area contributed by atoms with Gasteiger partial charge >= 0.3 is 6.18 Å². The van der Waals surface area contributed by atoms with Crippen LogP contribution >= 0.6 is 11.3 Å². The number of nitrogens with one attached hydrogen (secondary N) is 2. The van der Waals surface area contributed by atoms with Gasteiger partial charge in [-0.2, -0.15) is 13.2 Å². The number of carbonyl (C=O) groups is 3. The van der Waals surface area contributed by atoms with E-state index >= 15 is 0 Å². The maximum absolute atomic E-state index is 13.7. The quantitative estimate of drug-likeness (QED) is 0.377. The number of halogens is 5. The molecular weight excluding hydrogens is 519 g/mol. The lowest BCUT2D eigenvalue weighted by molar-refractivity contribution is -0.138. The van der Waals surface area contributed by atoms with Crippen molar-refractivity contribution in [3.05, 3.63) is 86.9 Å². The summed E-state index contributed by atoms with van der Waals surface area (Å²) in [6.45, 7) is 0.437. The molecule has 2 aromatic carbocycles. The van der Waals surface area contributed by atoms with Gasteiger partial charge in [0.25, 0.3) is 17.7 Å². The molecule has 1 aliphatic rings. The summed E-state index contributed by atoms with van der Waals surface area (Å²) in [5.41, 5.74) is 2.31. The van der Waals surface area contributed by atoms with Gasteiger partial charge in [0.15, 0.2) is 0 Å². The van der Waals surface area contributed by atoms with Crippen molar-refractivity contribution in [2.45, 2.75) is 24.9 Å². The van der Waals surface area contributed by atoms with E-state index in [2.05, 4.69) is 10.4 Å². The van der Waals surface area contributed by atoms with E-state index in [-0.39, 0.29) is 24.7 Å². The summed E-state index contributed by atoms with van der Waals surface area (Å²) in [7, 11) is 0. The topological polar surface area (TPSA) is 91.4 Å². The van der Waals surface area contributed by atoms with Crippen molar-refractivity contribution in [2.75, 3.05) is 13.1 Å². The van der Waals surface area contributed by atoms with E-state index in [0.717, 1.165) is 24.3 Å². The fourth-order valence-corrected chi connectivity index (χ4v) is 4.89. The molecule has 3 amide bonds. The second-order valence-electron chi connectivity index (χ2n) is 8.21. The first-order chi connectivity index (χ1) is 17.5. The van der Waals surface area contributed by atoms with E-state index in [1.165, 1.54) is 33.7 Å². The van der Waals surface area contributed by atoms with E-state index in [4.69, 9.17) is 0 Å². The highest BCUT2D eigenvalue weighted by Gasteiger charge is 2.36. The molecule has 194 valence electrons. The molecule has 13 heteroatoms. The Morgan fingerprint density at radius 1 is 0.946 bits per heavy atom. The van der Waals surface area contributed by atoms with E-state index in [9.17, 15) is 36.3 Å². The number of alkyl halides is 3. The standard InChI is InChI=1S/C24H19F5N4O3S/c25-14-5-6-16(18(26)11-14)20(34)31-32-21(35)19-12-37-22(30-19)13-7-9-33(10-8-13)23(36)15-3-1-2-4-17(15)24(27,28)29/h1-6,11-13H,7-10H2,(H,31,34)(H,32,35). The van der Waals surface area contributed by atoms with E-state index in [1.54, 1.807) is 0 Å². The van der Waals surface area contributed by atoms with Crippen molar-refractivity contribution in [1.29, 1.82) is 0 Å². The van der Waals surface area contributed by atoms with Crippen molar-refractivity contribution in [3.63, 3.8) is 0 Å². The van der Waals surface area contributed by atoms with Crippen LogP contribution in [0, 0.1) is 11.6 Å². The summed E-state index contributed by atoms with van der Waals surface area (Å²) in [4.78, 5) is 42.8. The Labute approximate surface area is 211 Å². The van der Waals surface area contributed by atoms with Crippen molar-refractivity contribution in [1.82, 2.24) is 20.7 Å². The largest absolute Gasteiger partial charge is 0.417 e. The van der Waals surface area contributed by atoms with Gasteiger partial charge < -0.3 is 4.90 Å². The minimum atomic E-state index is -4.64. The summed E-state index contributed by atoms with van der Waals surface area (Å²) < 4.78 is 66.5. The van der Waals surface area contributed by atoms with Gasteiger partial charge in [-0.1, -0.05) is 12.1 Å². The Bertz CT molecular complexity index is 1340. The first-order valence-corrected chi connectivity index (χ1v) is 11.9. The SMILES string of the molecule is O=C(NNC(=O)c1ccc(F)cc1F)c1csc(C2CCN(C(=O)c3ccccc3C(F)(F)F)CC2)n1. The van der Waals surface area contributed by atoms with Crippen molar-refractivity contribution >= 4 is 29.1 Å². The fourth-order valence-electron chi connectivity index (χ4n) is 3.91. The Balaban J connectivity index is 1.33. The molecule has 0 spiro atoms. The average molecular weight is 538 g/mol. The molecule has 7 nitrogen and oxygen atoms in total. The zero-order chi connectivity index (χ0) is 26.7. The number of carbonyl (C=O) groups excluding carboxylic acids is 3. The summed E-state index contributed by atoms with van der Waals surface area (Å²) >= 11 is 1.19. The van der Waals surface area contributed by atoms with E-state index in [1.807, 2.05) is 5.43 Å². The van der Waals surface area contributed by atoms with Gasteiger partial charge in [0.1, 0.15) is 17.3 Å². The number of piperidine rings is 1. The lowest BCUT2D eigenvalue weighted by atomic mass is 9.96. The van der Waals surface area contributed by atoms with Gasteiger partial charge in [-0.3, -0.25) is 25.2 Å². The molecule has 0 atom stereocenters. The third-order valence-electron chi connectivity index (χ3n) is 5.81. The van der Waals surface area contributed by atoms with Gasteiger partial charge in [-0.15, -0.1) is 11.3 Å².